The van der Waals surface area contributed by atoms with E-state index in [2.05, 4.69) is 10.1 Å². The zero-order valence-electron chi connectivity index (χ0n) is 16.1. The highest BCUT2D eigenvalue weighted by atomic mass is 19.4. The van der Waals surface area contributed by atoms with Crippen LogP contribution in [0.4, 0.5) is 27.6 Å². The number of benzene rings is 2. The second kappa shape index (κ2) is 7.35. The molecule has 0 aliphatic carbocycles. The van der Waals surface area contributed by atoms with E-state index in [1.807, 2.05) is 0 Å². The van der Waals surface area contributed by atoms with E-state index in [4.69, 9.17) is 0 Å². The number of rotatable bonds is 3. The van der Waals surface area contributed by atoms with Crippen molar-refractivity contribution in [1.82, 2.24) is 4.59 Å². The summed E-state index contributed by atoms with van der Waals surface area (Å²) in [5.74, 6) is -2.30. The molecule has 1 atom stereocenters. The van der Waals surface area contributed by atoms with Crippen LogP contribution in [0.15, 0.2) is 70.4 Å². The molecular weight excluding hydrogens is 417 g/mol. The van der Waals surface area contributed by atoms with Crippen LogP contribution in [0, 0.1) is 11.6 Å². The zero-order valence-corrected chi connectivity index (χ0v) is 16.1. The Morgan fingerprint density at radius 1 is 1.03 bits per heavy atom. The first-order chi connectivity index (χ1) is 14.7. The Morgan fingerprint density at radius 3 is 2.35 bits per heavy atom. The van der Waals surface area contributed by atoms with Crippen LogP contribution in [0.1, 0.15) is 24.5 Å². The van der Waals surface area contributed by atoms with Gasteiger partial charge in [-0.1, -0.05) is 16.6 Å². The van der Waals surface area contributed by atoms with Crippen molar-refractivity contribution in [2.24, 2.45) is 10.1 Å². The fourth-order valence-electron chi connectivity index (χ4n) is 3.58. The number of quaternary nitrogens is 1. The van der Waals surface area contributed by atoms with Crippen LogP contribution in [-0.2, 0) is 11.0 Å². The highest BCUT2D eigenvalue weighted by Crippen LogP contribution is 2.40. The van der Waals surface area contributed by atoms with Crippen molar-refractivity contribution >= 4 is 29.2 Å². The lowest BCUT2D eigenvalue weighted by atomic mass is 9.97. The minimum atomic E-state index is -4.55. The van der Waals surface area contributed by atoms with Crippen molar-refractivity contribution in [2.75, 3.05) is 0 Å². The van der Waals surface area contributed by atoms with E-state index in [1.165, 1.54) is 12.3 Å². The molecule has 2 aliphatic rings. The summed E-state index contributed by atoms with van der Waals surface area (Å²) >= 11 is 0. The molecule has 0 radical (unpaired) electrons. The van der Waals surface area contributed by atoms with E-state index >= 15 is 0 Å². The maximum Gasteiger partial charge on any atom is 0.416 e. The summed E-state index contributed by atoms with van der Waals surface area (Å²) in [4.78, 5) is 18.3. The van der Waals surface area contributed by atoms with Crippen molar-refractivity contribution in [3.05, 3.63) is 83.1 Å². The predicted octanol–water partition coefficient (Wildman–Crippen LogP) is 5.61. The number of fused-ring (bicyclic) bond motifs is 1. The lowest BCUT2D eigenvalue weighted by Gasteiger charge is -2.33. The van der Waals surface area contributed by atoms with Crippen LogP contribution < -0.4 is 4.59 Å². The summed E-state index contributed by atoms with van der Waals surface area (Å²) in [7, 11) is 0. The third-order valence-corrected chi connectivity index (χ3v) is 5.05. The maximum atomic E-state index is 14.6. The zero-order chi connectivity index (χ0) is 22.4. The highest BCUT2D eigenvalue weighted by molar-refractivity contribution is 6.35. The minimum Gasteiger partial charge on any atom is -0.222 e. The molecule has 1 amide bonds. The molecule has 9 heteroatoms. The second-order valence-electron chi connectivity index (χ2n) is 6.88. The Morgan fingerprint density at radius 2 is 1.74 bits per heavy atom. The number of carbonyl (C=O) groups is 1. The number of allylic oxidation sites excluding steroid dienone is 2. The minimum absolute atomic E-state index is 0.101. The molecule has 1 unspecified atom stereocenters. The van der Waals surface area contributed by atoms with E-state index in [9.17, 15) is 26.7 Å². The van der Waals surface area contributed by atoms with Crippen LogP contribution in [0.25, 0.3) is 5.57 Å². The Kier molecular flexibility index (Phi) is 4.93. The monoisotopic (exact) mass is 432 g/mol. The van der Waals surface area contributed by atoms with Crippen molar-refractivity contribution in [3.8, 4) is 0 Å². The van der Waals surface area contributed by atoms with Crippen molar-refractivity contribution < 1.29 is 26.7 Å². The second-order valence-corrected chi connectivity index (χ2v) is 6.88. The number of aliphatic imine (C=N–C) groups is 1. The normalized spacial score (nSPS) is 20.7. The molecule has 0 N–H and O–H groups in total. The van der Waals surface area contributed by atoms with Crippen molar-refractivity contribution in [1.29, 1.82) is 0 Å². The molecule has 0 aromatic heterocycles. The molecule has 0 spiro atoms. The van der Waals surface area contributed by atoms with Gasteiger partial charge in [-0.25, -0.2) is 13.6 Å². The van der Waals surface area contributed by atoms with Crippen molar-refractivity contribution in [3.63, 3.8) is 0 Å². The third kappa shape index (κ3) is 3.31. The number of hydrogen-bond acceptors (Lipinski definition) is 3. The maximum absolute atomic E-state index is 14.6. The van der Waals surface area contributed by atoms with E-state index < -0.39 is 33.9 Å². The number of halogens is 5. The quantitative estimate of drug-likeness (QED) is 0.460. The van der Waals surface area contributed by atoms with Gasteiger partial charge in [-0.2, -0.15) is 18.2 Å². The van der Waals surface area contributed by atoms with Gasteiger partial charge >= 0.3 is 12.1 Å². The van der Waals surface area contributed by atoms with Gasteiger partial charge < -0.3 is 0 Å². The van der Waals surface area contributed by atoms with Gasteiger partial charge in [0.25, 0.3) is 5.84 Å². The van der Waals surface area contributed by atoms with Crippen LogP contribution in [0.2, 0.25) is 0 Å². The third-order valence-electron chi connectivity index (χ3n) is 5.05. The molecule has 0 saturated heterocycles. The Labute approximate surface area is 173 Å². The first kappa shape index (κ1) is 20.8. The van der Waals surface area contributed by atoms with Crippen LogP contribution in [0.5, 0.6) is 0 Å². The number of hydrogen-bond donors (Lipinski definition) is 0. The molecule has 2 aromatic rings. The molecule has 2 heterocycles. The first-order valence-electron chi connectivity index (χ1n) is 9.30. The average molecular weight is 432 g/mol. The van der Waals surface area contributed by atoms with Gasteiger partial charge in [-0.15, -0.1) is 0 Å². The lowest BCUT2D eigenvalue weighted by molar-refractivity contribution is -0.137. The highest BCUT2D eigenvalue weighted by Gasteiger charge is 2.52. The standard InChI is InChI=1S/C22H15F5N3O/c1-2-18-20(16-10-7-14(23)12-17(16)24)21(31)30(19(29-18)4-3-11-28-30)15-8-5-13(6-9-15)22(25,26)27/h3-12H,2H2,1H3/q+1. The molecule has 4 nitrogen and oxygen atoms in total. The topological polar surface area (TPSA) is 41.8 Å². The number of nitrogens with zero attached hydrogens (tertiary/aromatic N) is 3. The van der Waals surface area contributed by atoms with Crippen molar-refractivity contribution in [2.45, 2.75) is 19.5 Å². The average Bonchev–Trinajstić information content (AvgIpc) is 2.74. The fraction of sp³-hybridized carbons (Fsp3) is 0.136. The van der Waals surface area contributed by atoms with E-state index in [1.54, 1.807) is 13.0 Å². The SMILES string of the molecule is CCC1=C(c2ccc(F)cc2F)C(=O)[N+]2(c3ccc(C(F)(F)F)cc3)N=CC=CC2=N1. The molecule has 0 fully saturated rings. The van der Waals surface area contributed by atoms with Crippen LogP contribution >= 0.6 is 0 Å². The summed E-state index contributed by atoms with van der Waals surface area (Å²) in [5.41, 5.74) is -0.764. The largest absolute Gasteiger partial charge is 0.416 e. The van der Waals surface area contributed by atoms with Gasteiger partial charge in [-0.05, 0) is 36.8 Å². The van der Waals surface area contributed by atoms with Gasteiger partial charge in [0.1, 0.15) is 17.2 Å². The molecular formula is C22H15F5N3O+. The molecule has 2 aromatic carbocycles. The molecule has 4 rings (SSSR count). The molecule has 0 saturated carbocycles. The number of amides is 1. The molecule has 2 aliphatic heterocycles. The summed E-state index contributed by atoms with van der Waals surface area (Å²) in [5, 5.41) is 4.25. The summed E-state index contributed by atoms with van der Waals surface area (Å²) in [6, 6.07) is 6.79. The lowest BCUT2D eigenvalue weighted by Crippen LogP contribution is -2.56. The first-order valence-corrected chi connectivity index (χ1v) is 9.30. The summed E-state index contributed by atoms with van der Waals surface area (Å²) in [6.45, 7) is 1.72. The van der Waals surface area contributed by atoms with E-state index in [0.717, 1.165) is 36.4 Å². The van der Waals surface area contributed by atoms with Gasteiger partial charge in [0.2, 0.25) is 0 Å². The molecule has 31 heavy (non-hydrogen) atoms. The number of carbonyl (C=O) groups excluding carboxylic acids is 1. The van der Waals surface area contributed by atoms with Gasteiger partial charge in [0.15, 0.2) is 5.69 Å². The molecule has 0 bridgehead atoms. The summed E-state index contributed by atoms with van der Waals surface area (Å²) < 4.78 is 66.2. The van der Waals surface area contributed by atoms with E-state index in [0.29, 0.717) is 6.07 Å². The Balaban J connectivity index is 1.94. The Hall–Kier alpha value is -3.46. The number of alkyl halides is 3. The van der Waals surface area contributed by atoms with E-state index in [-0.39, 0.29) is 34.8 Å². The summed E-state index contributed by atoms with van der Waals surface area (Å²) in [6.07, 6.45) is 0.111. The molecule has 158 valence electrons. The van der Waals surface area contributed by atoms with Gasteiger partial charge in [0.05, 0.1) is 17.5 Å². The predicted molar refractivity (Wildman–Crippen MR) is 107 cm³/mol. The number of amidine groups is 1. The van der Waals surface area contributed by atoms with Crippen LogP contribution in [-0.4, -0.2) is 18.0 Å². The van der Waals surface area contributed by atoms with Crippen LogP contribution in [0.3, 0.4) is 0 Å². The van der Waals surface area contributed by atoms with Gasteiger partial charge in [0, 0.05) is 29.8 Å². The van der Waals surface area contributed by atoms with Gasteiger partial charge in [-0.3, -0.25) is 0 Å². The Bertz CT molecular complexity index is 1190. The smallest absolute Gasteiger partial charge is 0.222 e. The fourth-order valence-corrected chi connectivity index (χ4v) is 3.58.